The van der Waals surface area contributed by atoms with Crippen LogP contribution in [0.2, 0.25) is 0 Å². The van der Waals surface area contributed by atoms with Crippen LogP contribution in [0.5, 0.6) is 0 Å². The van der Waals surface area contributed by atoms with Gasteiger partial charge in [0.1, 0.15) is 0 Å². The van der Waals surface area contributed by atoms with Crippen molar-refractivity contribution in [2.45, 2.75) is 64.0 Å². The zero-order valence-electron chi connectivity index (χ0n) is 12.5. The van der Waals surface area contributed by atoms with Crippen molar-refractivity contribution in [3.63, 3.8) is 0 Å². The zero-order valence-corrected chi connectivity index (χ0v) is 13.3. The summed E-state index contributed by atoms with van der Waals surface area (Å²) in [5.74, 6) is 0. The molecule has 0 bridgehead atoms. The van der Waals surface area contributed by atoms with Gasteiger partial charge in [-0.05, 0) is 50.7 Å². The number of hydrogen-bond acceptors (Lipinski definition) is 3. The fourth-order valence-electron chi connectivity index (χ4n) is 3.44. The second-order valence-electron chi connectivity index (χ2n) is 5.60. The van der Waals surface area contributed by atoms with Gasteiger partial charge in [0, 0.05) is 11.5 Å². The highest BCUT2D eigenvalue weighted by Gasteiger charge is 2.41. The van der Waals surface area contributed by atoms with Gasteiger partial charge in [-0.1, -0.05) is 25.7 Å². The molecule has 1 heterocycles. The van der Waals surface area contributed by atoms with Gasteiger partial charge in [-0.3, -0.25) is 0 Å². The number of hydrogen-bond donors (Lipinski definition) is 1. The number of nitrogens with one attached hydrogen (secondary N) is 1. The molecule has 1 atom stereocenters. The Morgan fingerprint density at radius 3 is 2.47 bits per heavy atom. The van der Waals surface area contributed by atoms with Gasteiger partial charge in [0.15, 0.2) is 0 Å². The molecule has 0 amide bonds. The molecule has 0 aromatic carbocycles. The highest BCUT2D eigenvalue weighted by molar-refractivity contribution is 7.10. The topological polar surface area (TPSA) is 21.3 Å². The first-order chi connectivity index (χ1) is 9.23. The maximum absolute atomic E-state index is 6.33. The van der Waals surface area contributed by atoms with Crippen LogP contribution in [0.25, 0.3) is 0 Å². The van der Waals surface area contributed by atoms with E-state index >= 15 is 0 Å². The Bertz CT molecular complexity index is 380. The first-order valence-electron chi connectivity index (χ1n) is 7.58. The van der Waals surface area contributed by atoms with Gasteiger partial charge in [-0.25, -0.2) is 0 Å². The van der Waals surface area contributed by atoms with Gasteiger partial charge in [-0.15, -0.1) is 11.3 Å². The monoisotopic (exact) mass is 281 g/mol. The van der Waals surface area contributed by atoms with E-state index in [-0.39, 0.29) is 5.60 Å². The summed E-state index contributed by atoms with van der Waals surface area (Å²) < 4.78 is 6.33. The van der Waals surface area contributed by atoms with Crippen LogP contribution in [-0.4, -0.2) is 19.3 Å². The number of rotatable bonds is 5. The SMILES string of the molecule is CCOC1(C(NC)c2sccc2C)CCCCCC1. The van der Waals surface area contributed by atoms with E-state index in [2.05, 4.69) is 37.7 Å². The molecule has 1 saturated carbocycles. The Kier molecular flexibility index (Phi) is 5.43. The molecular formula is C16H27NOS. The van der Waals surface area contributed by atoms with Crippen molar-refractivity contribution in [3.8, 4) is 0 Å². The zero-order chi connectivity index (χ0) is 13.7. The van der Waals surface area contributed by atoms with Crippen molar-refractivity contribution in [3.05, 3.63) is 21.9 Å². The number of thiophene rings is 1. The predicted molar refractivity (Wildman–Crippen MR) is 82.9 cm³/mol. The van der Waals surface area contributed by atoms with E-state index in [1.807, 2.05) is 11.3 Å². The van der Waals surface area contributed by atoms with Crippen LogP contribution >= 0.6 is 11.3 Å². The highest BCUT2D eigenvalue weighted by Crippen LogP contribution is 2.42. The van der Waals surface area contributed by atoms with Gasteiger partial charge >= 0.3 is 0 Å². The minimum absolute atomic E-state index is 0.00435. The average molecular weight is 281 g/mol. The molecule has 1 aliphatic carbocycles. The van der Waals surface area contributed by atoms with Crippen LogP contribution in [0.3, 0.4) is 0 Å². The summed E-state index contributed by atoms with van der Waals surface area (Å²) in [5, 5.41) is 5.75. The third-order valence-corrected chi connectivity index (χ3v) is 5.44. The van der Waals surface area contributed by atoms with Gasteiger partial charge in [-0.2, -0.15) is 0 Å². The molecule has 0 spiro atoms. The summed E-state index contributed by atoms with van der Waals surface area (Å²) in [7, 11) is 2.08. The van der Waals surface area contributed by atoms with Gasteiger partial charge in [0.25, 0.3) is 0 Å². The molecule has 1 fully saturated rings. The summed E-state index contributed by atoms with van der Waals surface area (Å²) in [6.07, 6.45) is 7.67. The van der Waals surface area contributed by atoms with E-state index in [0.29, 0.717) is 6.04 Å². The van der Waals surface area contributed by atoms with Crippen molar-refractivity contribution in [2.75, 3.05) is 13.7 Å². The maximum atomic E-state index is 6.33. The molecule has 0 radical (unpaired) electrons. The summed E-state index contributed by atoms with van der Waals surface area (Å²) in [4.78, 5) is 1.46. The highest BCUT2D eigenvalue weighted by atomic mass is 32.1. The Labute approximate surface area is 121 Å². The molecule has 108 valence electrons. The second kappa shape index (κ2) is 6.87. The summed E-state index contributed by atoms with van der Waals surface area (Å²) in [5.41, 5.74) is 1.39. The van der Waals surface area contributed by atoms with Crippen LogP contribution in [0, 0.1) is 6.92 Å². The minimum Gasteiger partial charge on any atom is -0.373 e. The van der Waals surface area contributed by atoms with Crippen molar-refractivity contribution < 1.29 is 4.74 Å². The molecule has 1 aliphatic rings. The van der Waals surface area contributed by atoms with Crippen LogP contribution in [0.4, 0.5) is 0 Å². The lowest BCUT2D eigenvalue weighted by Crippen LogP contribution is -2.45. The standard InChI is InChI=1S/C16H27NOS/c1-4-18-16(10-7-5-6-8-11-16)15(17-3)14-13(2)9-12-19-14/h9,12,15,17H,4-8,10-11H2,1-3H3. The summed E-state index contributed by atoms with van der Waals surface area (Å²) >= 11 is 1.86. The molecule has 0 aliphatic heterocycles. The molecule has 2 rings (SSSR count). The Balaban J connectivity index is 2.31. The average Bonchev–Trinajstić information content (AvgIpc) is 2.68. The second-order valence-corrected chi connectivity index (χ2v) is 6.55. The normalized spacial score (nSPS) is 21.0. The predicted octanol–water partition coefficient (Wildman–Crippen LogP) is 4.45. The van der Waals surface area contributed by atoms with E-state index < -0.39 is 0 Å². The van der Waals surface area contributed by atoms with Gasteiger partial charge in [0.2, 0.25) is 0 Å². The first-order valence-corrected chi connectivity index (χ1v) is 8.46. The third kappa shape index (κ3) is 3.21. The number of ether oxygens (including phenoxy) is 1. The lowest BCUT2D eigenvalue weighted by Gasteiger charge is -2.40. The molecule has 1 aromatic heterocycles. The largest absolute Gasteiger partial charge is 0.373 e. The van der Waals surface area contributed by atoms with E-state index in [1.165, 1.54) is 49.0 Å². The van der Waals surface area contributed by atoms with E-state index in [1.54, 1.807) is 0 Å². The number of likely N-dealkylation sites (N-methyl/N-ethyl adjacent to an activating group) is 1. The quantitative estimate of drug-likeness (QED) is 0.805. The first kappa shape index (κ1) is 15.0. The lowest BCUT2D eigenvalue weighted by atomic mass is 9.84. The molecular weight excluding hydrogens is 254 g/mol. The van der Waals surface area contributed by atoms with Crippen LogP contribution < -0.4 is 5.32 Å². The fourth-order valence-corrected chi connectivity index (χ4v) is 4.59. The number of aryl methyl sites for hydroxylation is 1. The van der Waals surface area contributed by atoms with Gasteiger partial charge in [0.05, 0.1) is 11.6 Å². The third-order valence-electron chi connectivity index (χ3n) is 4.36. The molecule has 19 heavy (non-hydrogen) atoms. The van der Waals surface area contributed by atoms with Crippen molar-refractivity contribution >= 4 is 11.3 Å². The van der Waals surface area contributed by atoms with Crippen molar-refractivity contribution in [1.29, 1.82) is 0 Å². The molecule has 1 N–H and O–H groups in total. The van der Waals surface area contributed by atoms with Gasteiger partial charge < -0.3 is 10.1 Å². The van der Waals surface area contributed by atoms with Crippen molar-refractivity contribution in [2.24, 2.45) is 0 Å². The summed E-state index contributed by atoms with van der Waals surface area (Å²) in [6.45, 7) is 5.15. The lowest BCUT2D eigenvalue weighted by molar-refractivity contribution is -0.0760. The smallest absolute Gasteiger partial charge is 0.0884 e. The molecule has 1 unspecified atom stereocenters. The molecule has 1 aromatic rings. The molecule has 0 saturated heterocycles. The Morgan fingerprint density at radius 1 is 1.32 bits per heavy atom. The molecule has 3 heteroatoms. The van der Waals surface area contributed by atoms with Crippen LogP contribution in [-0.2, 0) is 4.74 Å². The van der Waals surface area contributed by atoms with E-state index in [4.69, 9.17) is 4.74 Å². The van der Waals surface area contributed by atoms with Crippen LogP contribution in [0.15, 0.2) is 11.4 Å². The van der Waals surface area contributed by atoms with E-state index in [9.17, 15) is 0 Å². The Morgan fingerprint density at radius 2 is 2.00 bits per heavy atom. The fraction of sp³-hybridized carbons (Fsp3) is 0.750. The Hall–Kier alpha value is -0.380. The van der Waals surface area contributed by atoms with E-state index in [0.717, 1.165) is 6.61 Å². The van der Waals surface area contributed by atoms with Crippen molar-refractivity contribution in [1.82, 2.24) is 5.32 Å². The summed E-state index contributed by atoms with van der Waals surface area (Å²) in [6, 6.07) is 2.56. The molecule has 2 nitrogen and oxygen atoms in total. The maximum Gasteiger partial charge on any atom is 0.0884 e. The minimum atomic E-state index is -0.00435. The van der Waals surface area contributed by atoms with Crippen LogP contribution in [0.1, 0.15) is 61.9 Å².